The highest BCUT2D eigenvalue weighted by Crippen LogP contribution is 2.25. The average molecular weight is 303 g/mol. The Balaban J connectivity index is 2.54. The second kappa shape index (κ2) is 4.23. The molecular formula is C9H5BrClN3O2. The second-order valence-corrected chi connectivity index (χ2v) is 4.20. The number of nitrogens with zero attached hydrogens (tertiary/aromatic N) is 3. The molecule has 82 valence electrons. The van der Waals surface area contributed by atoms with Crippen molar-refractivity contribution in [1.29, 1.82) is 0 Å². The molecule has 16 heavy (non-hydrogen) atoms. The van der Waals surface area contributed by atoms with Crippen molar-refractivity contribution in [2.75, 3.05) is 0 Å². The molecule has 7 heteroatoms. The number of rotatable bonds is 2. The van der Waals surface area contributed by atoms with Crippen molar-refractivity contribution in [3.8, 4) is 5.69 Å². The van der Waals surface area contributed by atoms with Crippen LogP contribution in [-0.4, -0.2) is 26.1 Å². The van der Waals surface area contributed by atoms with Crippen molar-refractivity contribution < 1.29 is 9.90 Å². The van der Waals surface area contributed by atoms with Gasteiger partial charge in [0.15, 0.2) is 5.69 Å². The normalized spacial score (nSPS) is 10.4. The van der Waals surface area contributed by atoms with Crippen LogP contribution in [0, 0.1) is 0 Å². The van der Waals surface area contributed by atoms with Crippen LogP contribution in [0.25, 0.3) is 5.69 Å². The molecule has 1 heterocycles. The Morgan fingerprint density at radius 1 is 1.50 bits per heavy atom. The molecule has 0 aliphatic rings. The summed E-state index contributed by atoms with van der Waals surface area (Å²) in [5, 5.41) is 16.6. The lowest BCUT2D eigenvalue weighted by Crippen LogP contribution is -2.07. The Labute approximate surface area is 104 Å². The van der Waals surface area contributed by atoms with Gasteiger partial charge in [0, 0.05) is 4.47 Å². The van der Waals surface area contributed by atoms with E-state index >= 15 is 0 Å². The van der Waals surface area contributed by atoms with E-state index in [1.807, 2.05) is 0 Å². The Kier molecular flexibility index (Phi) is 2.93. The lowest BCUT2D eigenvalue weighted by molar-refractivity contribution is 0.0687. The van der Waals surface area contributed by atoms with Crippen LogP contribution < -0.4 is 0 Å². The van der Waals surface area contributed by atoms with Gasteiger partial charge in [-0.3, -0.25) is 0 Å². The molecule has 2 rings (SSSR count). The molecule has 0 amide bonds. The third-order valence-corrected chi connectivity index (χ3v) is 3.15. The predicted octanol–water partition coefficient (Wildman–Crippen LogP) is 2.38. The Morgan fingerprint density at radius 2 is 2.25 bits per heavy atom. The molecule has 1 aromatic carbocycles. The van der Waals surface area contributed by atoms with Gasteiger partial charge in [-0.1, -0.05) is 16.8 Å². The van der Waals surface area contributed by atoms with Crippen LogP contribution in [0.15, 0.2) is 28.9 Å². The summed E-state index contributed by atoms with van der Waals surface area (Å²) in [6.07, 6.45) is 1.18. The maximum atomic E-state index is 10.9. The topological polar surface area (TPSA) is 68.0 Å². The minimum Gasteiger partial charge on any atom is -0.476 e. The van der Waals surface area contributed by atoms with Gasteiger partial charge in [-0.25, -0.2) is 9.48 Å². The number of aromatic nitrogens is 3. The second-order valence-electron chi connectivity index (χ2n) is 2.93. The first-order valence-corrected chi connectivity index (χ1v) is 5.36. The summed E-state index contributed by atoms with van der Waals surface area (Å²) < 4.78 is 1.94. The van der Waals surface area contributed by atoms with Crippen LogP contribution in [0.4, 0.5) is 0 Å². The molecule has 1 aromatic heterocycles. The number of aromatic carboxylic acids is 1. The zero-order valence-corrected chi connectivity index (χ0v) is 10.1. The van der Waals surface area contributed by atoms with E-state index in [1.165, 1.54) is 10.9 Å². The van der Waals surface area contributed by atoms with Crippen LogP contribution in [0.3, 0.4) is 0 Å². The van der Waals surface area contributed by atoms with Crippen molar-refractivity contribution in [2.24, 2.45) is 0 Å². The maximum Gasteiger partial charge on any atom is 0.356 e. The largest absolute Gasteiger partial charge is 0.476 e. The van der Waals surface area contributed by atoms with E-state index in [0.717, 1.165) is 4.47 Å². The number of hydrogen-bond acceptors (Lipinski definition) is 3. The van der Waals surface area contributed by atoms with Crippen LogP contribution in [0.1, 0.15) is 10.5 Å². The van der Waals surface area contributed by atoms with Gasteiger partial charge in [0.05, 0.1) is 16.9 Å². The van der Waals surface area contributed by atoms with Crippen molar-refractivity contribution in [2.45, 2.75) is 0 Å². The van der Waals surface area contributed by atoms with Gasteiger partial charge in [0.2, 0.25) is 0 Å². The quantitative estimate of drug-likeness (QED) is 0.925. The lowest BCUT2D eigenvalue weighted by Gasteiger charge is -2.04. The van der Waals surface area contributed by atoms with E-state index in [4.69, 9.17) is 16.7 Å². The van der Waals surface area contributed by atoms with Gasteiger partial charge in [0.1, 0.15) is 0 Å². The number of carboxylic acids is 1. The van der Waals surface area contributed by atoms with Crippen molar-refractivity contribution >= 4 is 33.5 Å². The van der Waals surface area contributed by atoms with Crippen molar-refractivity contribution in [3.63, 3.8) is 0 Å². The highest BCUT2D eigenvalue weighted by molar-refractivity contribution is 9.10. The third kappa shape index (κ3) is 1.94. The molecule has 0 saturated heterocycles. The summed E-state index contributed by atoms with van der Waals surface area (Å²) >= 11 is 9.15. The fraction of sp³-hybridized carbons (Fsp3) is 0. The van der Waals surface area contributed by atoms with Gasteiger partial charge in [-0.2, -0.15) is 0 Å². The van der Waals surface area contributed by atoms with E-state index in [9.17, 15) is 4.79 Å². The summed E-state index contributed by atoms with van der Waals surface area (Å²) in [7, 11) is 0. The smallest absolute Gasteiger partial charge is 0.356 e. The SMILES string of the molecule is O=C(O)c1cnnn1-c1ccc(Br)c(Cl)c1. The number of hydrogen-bond donors (Lipinski definition) is 1. The molecule has 2 aromatic rings. The van der Waals surface area contributed by atoms with Gasteiger partial charge in [0.25, 0.3) is 0 Å². The molecule has 5 nitrogen and oxygen atoms in total. The minimum absolute atomic E-state index is 0.0154. The van der Waals surface area contributed by atoms with Crippen LogP contribution in [-0.2, 0) is 0 Å². The van der Waals surface area contributed by atoms with Gasteiger partial charge < -0.3 is 5.11 Å². The van der Waals surface area contributed by atoms with Gasteiger partial charge >= 0.3 is 5.97 Å². The van der Waals surface area contributed by atoms with Crippen molar-refractivity contribution in [3.05, 3.63) is 39.6 Å². The fourth-order valence-electron chi connectivity index (χ4n) is 1.19. The van der Waals surface area contributed by atoms with E-state index in [1.54, 1.807) is 18.2 Å². The minimum atomic E-state index is -1.09. The Bertz CT molecular complexity index is 555. The summed E-state index contributed by atoms with van der Waals surface area (Å²) in [5.41, 5.74) is 0.529. The molecule has 0 spiro atoms. The predicted molar refractivity (Wildman–Crippen MR) is 61.0 cm³/mol. The highest BCUT2D eigenvalue weighted by atomic mass is 79.9. The zero-order chi connectivity index (χ0) is 11.7. The van der Waals surface area contributed by atoms with E-state index in [2.05, 4.69) is 26.2 Å². The molecule has 0 aliphatic heterocycles. The highest BCUT2D eigenvalue weighted by Gasteiger charge is 2.13. The maximum absolute atomic E-state index is 10.9. The average Bonchev–Trinajstić information content (AvgIpc) is 2.71. The number of benzene rings is 1. The summed E-state index contributed by atoms with van der Waals surface area (Å²) in [6, 6.07) is 5.01. The molecule has 0 radical (unpaired) electrons. The van der Waals surface area contributed by atoms with E-state index < -0.39 is 5.97 Å². The Hall–Kier alpha value is -1.40. The summed E-state index contributed by atoms with van der Waals surface area (Å²) in [5.74, 6) is -1.09. The standard InChI is InChI=1S/C9H5BrClN3O2/c10-6-2-1-5(3-7(6)11)14-8(9(15)16)4-12-13-14/h1-4H,(H,15,16). The van der Waals surface area contributed by atoms with Crippen molar-refractivity contribution in [1.82, 2.24) is 15.0 Å². The van der Waals surface area contributed by atoms with Crippen LogP contribution in [0.5, 0.6) is 0 Å². The summed E-state index contributed by atoms with van der Waals surface area (Å²) in [6.45, 7) is 0. The molecule has 1 N–H and O–H groups in total. The third-order valence-electron chi connectivity index (χ3n) is 1.92. The zero-order valence-electron chi connectivity index (χ0n) is 7.76. The Morgan fingerprint density at radius 3 is 2.88 bits per heavy atom. The van der Waals surface area contributed by atoms with E-state index in [-0.39, 0.29) is 5.69 Å². The first-order valence-electron chi connectivity index (χ1n) is 4.19. The lowest BCUT2D eigenvalue weighted by atomic mass is 10.3. The molecule has 0 unspecified atom stereocenters. The first-order chi connectivity index (χ1) is 7.59. The summed E-state index contributed by atoms with van der Waals surface area (Å²) in [4.78, 5) is 10.9. The first kappa shape index (κ1) is 11.1. The molecule has 0 aliphatic carbocycles. The van der Waals surface area contributed by atoms with Gasteiger partial charge in [-0.05, 0) is 34.1 Å². The number of carboxylic acid groups (broad SMARTS) is 1. The van der Waals surface area contributed by atoms with E-state index in [0.29, 0.717) is 10.7 Å². The monoisotopic (exact) mass is 301 g/mol. The molecule has 0 fully saturated rings. The molecule has 0 bridgehead atoms. The number of carbonyl (C=O) groups is 1. The van der Waals surface area contributed by atoms with Crippen LogP contribution in [0.2, 0.25) is 5.02 Å². The molecule has 0 saturated carbocycles. The van der Waals surface area contributed by atoms with Crippen LogP contribution >= 0.6 is 27.5 Å². The fourth-order valence-corrected chi connectivity index (χ4v) is 1.61. The number of halogens is 2. The molecule has 0 atom stereocenters. The molecular weight excluding hydrogens is 297 g/mol. The van der Waals surface area contributed by atoms with Gasteiger partial charge in [-0.15, -0.1) is 5.10 Å².